The number of anilines is 1. The fraction of sp³-hybridized carbons (Fsp3) is 0.0909. The van der Waals surface area contributed by atoms with Gasteiger partial charge in [0.1, 0.15) is 10.7 Å². The molecule has 0 amide bonds. The van der Waals surface area contributed by atoms with E-state index in [1.54, 1.807) is 7.05 Å². The average Bonchev–Trinajstić information content (AvgIpc) is 2.73. The predicted molar refractivity (Wildman–Crippen MR) is 67.4 cm³/mol. The third kappa shape index (κ3) is 2.77. The van der Waals surface area contributed by atoms with Crippen LogP contribution in [0.4, 0.5) is 10.2 Å². The lowest BCUT2D eigenvalue weighted by Crippen LogP contribution is -2.16. The van der Waals surface area contributed by atoms with Crippen LogP contribution in [0.5, 0.6) is 0 Å². The van der Waals surface area contributed by atoms with Crippen LogP contribution >= 0.6 is 0 Å². The maximum atomic E-state index is 13.6. The quantitative estimate of drug-likeness (QED) is 0.879. The van der Waals surface area contributed by atoms with E-state index in [0.29, 0.717) is 0 Å². The molecule has 0 aliphatic heterocycles. The van der Waals surface area contributed by atoms with E-state index in [-0.39, 0.29) is 11.4 Å². The molecule has 1 aromatic carbocycles. The average molecular weight is 299 g/mol. The van der Waals surface area contributed by atoms with Gasteiger partial charge >= 0.3 is 5.97 Å². The molecule has 0 atom stereocenters. The summed E-state index contributed by atoms with van der Waals surface area (Å²) in [6.07, 6.45) is 1.50. The summed E-state index contributed by atoms with van der Waals surface area (Å²) >= 11 is 0. The van der Waals surface area contributed by atoms with Gasteiger partial charge in [0.05, 0.1) is 5.56 Å². The summed E-state index contributed by atoms with van der Waals surface area (Å²) in [5, 5.41) is 12.6. The van der Waals surface area contributed by atoms with Crippen LogP contribution in [0.25, 0.3) is 0 Å². The number of hydrogen-bond donors (Lipinski definition) is 2. The molecule has 9 heteroatoms. The lowest BCUT2D eigenvalue weighted by Gasteiger charge is -2.07. The number of benzene rings is 1. The van der Waals surface area contributed by atoms with Gasteiger partial charge in [-0.25, -0.2) is 17.6 Å². The molecule has 7 nitrogen and oxygen atoms in total. The molecular formula is C11H10FN3O4S. The van der Waals surface area contributed by atoms with Gasteiger partial charge in [0.15, 0.2) is 5.82 Å². The lowest BCUT2D eigenvalue weighted by atomic mass is 10.2. The zero-order valence-electron chi connectivity index (χ0n) is 10.2. The summed E-state index contributed by atoms with van der Waals surface area (Å²) in [4.78, 5) is 10.1. The first-order valence-electron chi connectivity index (χ1n) is 5.35. The van der Waals surface area contributed by atoms with Crippen molar-refractivity contribution >= 4 is 21.8 Å². The fourth-order valence-electron chi connectivity index (χ4n) is 1.50. The van der Waals surface area contributed by atoms with E-state index >= 15 is 0 Å². The van der Waals surface area contributed by atoms with E-state index < -0.39 is 26.7 Å². The highest BCUT2D eigenvalue weighted by Gasteiger charge is 2.22. The van der Waals surface area contributed by atoms with E-state index in [0.717, 1.165) is 18.2 Å². The second-order valence-electron chi connectivity index (χ2n) is 3.93. The maximum absolute atomic E-state index is 13.6. The molecule has 106 valence electrons. The standard InChI is InChI=1S/C11H10FN3O4S/c1-15-5-4-10(13-15)14-20(18,19)9-6-7(11(16)17)2-3-8(9)12/h2-6H,1H3,(H,13,14)(H,16,17). The number of aromatic nitrogens is 2. The molecule has 0 radical (unpaired) electrons. The minimum absolute atomic E-state index is 0.00706. The topological polar surface area (TPSA) is 101 Å². The first kappa shape index (κ1) is 14.0. The zero-order valence-corrected chi connectivity index (χ0v) is 11.1. The van der Waals surface area contributed by atoms with Crippen LogP contribution in [0.3, 0.4) is 0 Å². The van der Waals surface area contributed by atoms with Gasteiger partial charge in [0.25, 0.3) is 10.0 Å². The Morgan fingerprint density at radius 1 is 1.40 bits per heavy atom. The van der Waals surface area contributed by atoms with Crippen molar-refractivity contribution < 1.29 is 22.7 Å². The summed E-state index contributed by atoms with van der Waals surface area (Å²) in [7, 11) is -2.66. The lowest BCUT2D eigenvalue weighted by molar-refractivity contribution is 0.0696. The second kappa shape index (κ2) is 4.93. The van der Waals surface area contributed by atoms with Gasteiger partial charge in [-0.3, -0.25) is 9.40 Å². The number of carbonyl (C=O) groups is 1. The van der Waals surface area contributed by atoms with Crippen molar-refractivity contribution in [1.29, 1.82) is 0 Å². The molecule has 0 unspecified atom stereocenters. The van der Waals surface area contributed by atoms with Gasteiger partial charge < -0.3 is 5.11 Å². The van der Waals surface area contributed by atoms with Gasteiger partial charge in [-0.2, -0.15) is 5.10 Å². The Morgan fingerprint density at radius 2 is 2.10 bits per heavy atom. The fourth-order valence-corrected chi connectivity index (χ4v) is 2.61. The predicted octanol–water partition coefficient (Wildman–Crippen LogP) is 1.06. The molecular weight excluding hydrogens is 289 g/mol. The van der Waals surface area contributed by atoms with Gasteiger partial charge in [-0.15, -0.1) is 0 Å². The van der Waals surface area contributed by atoms with Crippen LogP contribution < -0.4 is 4.72 Å². The number of halogens is 1. The normalized spacial score (nSPS) is 11.3. The number of rotatable bonds is 4. The number of nitrogens with one attached hydrogen (secondary N) is 1. The van der Waals surface area contributed by atoms with Crippen molar-refractivity contribution in [2.45, 2.75) is 4.90 Å². The minimum Gasteiger partial charge on any atom is -0.478 e. The Morgan fingerprint density at radius 3 is 2.65 bits per heavy atom. The smallest absolute Gasteiger partial charge is 0.335 e. The summed E-state index contributed by atoms with van der Waals surface area (Å²) in [6.45, 7) is 0. The molecule has 2 aromatic rings. The van der Waals surface area contributed by atoms with Gasteiger partial charge in [0, 0.05) is 19.3 Å². The molecule has 1 aromatic heterocycles. The second-order valence-corrected chi connectivity index (χ2v) is 5.58. The van der Waals surface area contributed by atoms with Crippen molar-refractivity contribution in [2.24, 2.45) is 7.05 Å². The maximum Gasteiger partial charge on any atom is 0.335 e. The number of carboxylic acids is 1. The number of aromatic carboxylic acids is 1. The molecule has 0 aliphatic carbocycles. The molecule has 0 saturated heterocycles. The van der Waals surface area contributed by atoms with E-state index in [1.807, 2.05) is 0 Å². The van der Waals surface area contributed by atoms with Crippen molar-refractivity contribution in [3.8, 4) is 0 Å². The molecule has 1 heterocycles. The Kier molecular flexibility index (Phi) is 3.45. The highest BCUT2D eigenvalue weighted by Crippen LogP contribution is 2.19. The molecule has 0 saturated carbocycles. The molecule has 0 aliphatic rings. The third-order valence-electron chi connectivity index (χ3n) is 2.42. The van der Waals surface area contributed by atoms with Crippen LogP contribution in [0.15, 0.2) is 35.4 Å². The Balaban J connectivity index is 2.43. The van der Waals surface area contributed by atoms with Crippen molar-refractivity contribution in [2.75, 3.05) is 4.72 Å². The Hall–Kier alpha value is -2.42. The van der Waals surface area contributed by atoms with Gasteiger partial charge in [0.2, 0.25) is 0 Å². The SMILES string of the molecule is Cn1ccc(NS(=O)(=O)c2cc(C(=O)O)ccc2F)n1. The Labute approximate surface area is 113 Å². The van der Waals surface area contributed by atoms with Gasteiger partial charge in [-0.05, 0) is 18.2 Å². The van der Waals surface area contributed by atoms with E-state index in [1.165, 1.54) is 16.9 Å². The van der Waals surface area contributed by atoms with Crippen LogP contribution in [0.2, 0.25) is 0 Å². The molecule has 2 rings (SSSR count). The highest BCUT2D eigenvalue weighted by molar-refractivity contribution is 7.92. The highest BCUT2D eigenvalue weighted by atomic mass is 32.2. The van der Waals surface area contributed by atoms with Crippen LogP contribution in [0, 0.1) is 5.82 Å². The van der Waals surface area contributed by atoms with E-state index in [9.17, 15) is 17.6 Å². The van der Waals surface area contributed by atoms with Gasteiger partial charge in [-0.1, -0.05) is 0 Å². The third-order valence-corrected chi connectivity index (χ3v) is 3.79. The number of hydrogen-bond acceptors (Lipinski definition) is 4. The molecule has 2 N–H and O–H groups in total. The van der Waals surface area contributed by atoms with E-state index in [4.69, 9.17) is 5.11 Å². The molecule has 0 spiro atoms. The first-order chi connectivity index (χ1) is 9.29. The molecule has 0 fully saturated rings. The van der Waals surface area contributed by atoms with Crippen LogP contribution in [-0.4, -0.2) is 29.3 Å². The summed E-state index contributed by atoms with van der Waals surface area (Å²) in [5.74, 6) is -2.38. The van der Waals surface area contributed by atoms with Crippen molar-refractivity contribution in [3.05, 3.63) is 41.8 Å². The van der Waals surface area contributed by atoms with Crippen molar-refractivity contribution in [3.63, 3.8) is 0 Å². The zero-order chi connectivity index (χ0) is 14.9. The number of nitrogens with zero attached hydrogens (tertiary/aromatic N) is 2. The minimum atomic E-state index is -4.25. The Bertz CT molecular complexity index is 770. The van der Waals surface area contributed by atoms with E-state index in [2.05, 4.69) is 9.82 Å². The number of aryl methyl sites for hydroxylation is 1. The van der Waals surface area contributed by atoms with Crippen LogP contribution in [0.1, 0.15) is 10.4 Å². The van der Waals surface area contributed by atoms with Crippen molar-refractivity contribution in [1.82, 2.24) is 9.78 Å². The van der Waals surface area contributed by atoms with Crippen LogP contribution in [-0.2, 0) is 17.1 Å². The number of sulfonamides is 1. The monoisotopic (exact) mass is 299 g/mol. The molecule has 20 heavy (non-hydrogen) atoms. The summed E-state index contributed by atoms with van der Waals surface area (Å²) < 4.78 is 41.1. The summed E-state index contributed by atoms with van der Waals surface area (Å²) in [6, 6.07) is 3.91. The number of carboxylic acid groups (broad SMARTS) is 1. The largest absolute Gasteiger partial charge is 0.478 e. The first-order valence-corrected chi connectivity index (χ1v) is 6.83. The summed E-state index contributed by atoms with van der Waals surface area (Å²) in [5.41, 5.74) is -0.326. The molecule has 0 bridgehead atoms.